The van der Waals surface area contributed by atoms with Gasteiger partial charge in [-0.15, -0.1) is 0 Å². The van der Waals surface area contributed by atoms with Crippen LogP contribution in [0.4, 0.5) is 5.69 Å². The predicted molar refractivity (Wildman–Crippen MR) is 106 cm³/mol. The highest BCUT2D eigenvalue weighted by molar-refractivity contribution is 6.32. The second-order valence-corrected chi connectivity index (χ2v) is 6.54. The van der Waals surface area contributed by atoms with E-state index in [1.165, 1.54) is 5.56 Å². The number of rotatable bonds is 5. The molecule has 3 aromatic carbocycles. The van der Waals surface area contributed by atoms with Crippen LogP contribution in [0.5, 0.6) is 5.75 Å². The van der Waals surface area contributed by atoms with Gasteiger partial charge in [-0.25, -0.2) is 0 Å². The molecule has 0 aromatic heterocycles. The van der Waals surface area contributed by atoms with Crippen LogP contribution in [0.2, 0.25) is 10.0 Å². The van der Waals surface area contributed by atoms with E-state index in [-0.39, 0.29) is 0 Å². The summed E-state index contributed by atoms with van der Waals surface area (Å²) in [5.74, 6) is 0.643. The molecule has 0 atom stereocenters. The molecular weight excluding hydrogens is 353 g/mol. The lowest BCUT2D eigenvalue weighted by Crippen LogP contribution is -1.96. The topological polar surface area (TPSA) is 21.6 Å². The fraction of sp³-hybridized carbons (Fsp3) is 0.0952. The van der Waals surface area contributed by atoms with Gasteiger partial charge in [0, 0.05) is 11.2 Å². The normalized spacial score (nSPS) is 11.0. The van der Waals surface area contributed by atoms with Crippen LogP contribution >= 0.6 is 23.2 Å². The summed E-state index contributed by atoms with van der Waals surface area (Å²) < 4.78 is 5.77. The molecule has 0 aliphatic carbocycles. The molecule has 0 aliphatic heterocycles. The number of aryl methyl sites for hydroxylation is 1. The molecule has 0 fully saturated rings. The SMILES string of the molecule is Cc1ccc(N=Cc2ccc(OCc3ccc(Cl)cc3)c(Cl)c2)cc1. The van der Waals surface area contributed by atoms with Crippen molar-refractivity contribution in [1.82, 2.24) is 0 Å². The molecule has 0 saturated carbocycles. The summed E-state index contributed by atoms with van der Waals surface area (Å²) in [6.45, 7) is 2.49. The molecule has 0 bridgehead atoms. The molecule has 0 aliphatic rings. The van der Waals surface area contributed by atoms with E-state index in [2.05, 4.69) is 11.9 Å². The first-order valence-corrected chi connectivity index (χ1v) is 8.63. The van der Waals surface area contributed by atoms with Crippen molar-refractivity contribution in [3.8, 4) is 5.75 Å². The molecule has 0 N–H and O–H groups in total. The van der Waals surface area contributed by atoms with E-state index in [1.54, 1.807) is 6.21 Å². The largest absolute Gasteiger partial charge is 0.487 e. The van der Waals surface area contributed by atoms with Gasteiger partial charge in [0.1, 0.15) is 12.4 Å². The van der Waals surface area contributed by atoms with Crippen LogP contribution in [0.3, 0.4) is 0 Å². The van der Waals surface area contributed by atoms with E-state index in [0.29, 0.717) is 22.4 Å². The van der Waals surface area contributed by atoms with Crippen molar-refractivity contribution in [3.63, 3.8) is 0 Å². The molecule has 0 heterocycles. The quantitative estimate of drug-likeness (QED) is 0.462. The summed E-state index contributed by atoms with van der Waals surface area (Å²) >= 11 is 12.2. The van der Waals surface area contributed by atoms with Crippen molar-refractivity contribution in [1.29, 1.82) is 0 Å². The van der Waals surface area contributed by atoms with Crippen molar-refractivity contribution in [2.75, 3.05) is 0 Å². The third-order valence-corrected chi connectivity index (χ3v) is 4.21. The first-order chi connectivity index (χ1) is 12.1. The maximum Gasteiger partial charge on any atom is 0.138 e. The summed E-state index contributed by atoms with van der Waals surface area (Å²) in [6, 6.07) is 21.2. The third-order valence-electron chi connectivity index (χ3n) is 3.66. The van der Waals surface area contributed by atoms with Crippen LogP contribution < -0.4 is 4.74 Å². The first kappa shape index (κ1) is 17.5. The Labute approximate surface area is 157 Å². The molecule has 4 heteroatoms. The summed E-state index contributed by atoms with van der Waals surface area (Å²) in [5.41, 5.74) is 4.07. The molecular formula is C21H17Cl2NO. The summed E-state index contributed by atoms with van der Waals surface area (Å²) in [7, 11) is 0. The Bertz CT molecular complexity index is 871. The molecule has 3 aromatic rings. The Balaban J connectivity index is 1.65. The highest BCUT2D eigenvalue weighted by Crippen LogP contribution is 2.26. The van der Waals surface area contributed by atoms with Crippen LogP contribution in [0.15, 0.2) is 71.7 Å². The summed E-state index contributed by atoms with van der Waals surface area (Å²) in [6.07, 6.45) is 1.79. The molecule has 0 radical (unpaired) electrons. The lowest BCUT2D eigenvalue weighted by molar-refractivity contribution is 0.306. The number of hydrogen-bond acceptors (Lipinski definition) is 2. The molecule has 3 rings (SSSR count). The number of aliphatic imine (C=N–C) groups is 1. The van der Waals surface area contributed by atoms with Crippen LogP contribution in [0, 0.1) is 6.92 Å². The fourth-order valence-corrected chi connectivity index (χ4v) is 2.61. The Morgan fingerprint density at radius 2 is 1.64 bits per heavy atom. The number of benzene rings is 3. The highest BCUT2D eigenvalue weighted by Gasteiger charge is 2.03. The van der Waals surface area contributed by atoms with E-state index in [0.717, 1.165) is 16.8 Å². The van der Waals surface area contributed by atoms with E-state index >= 15 is 0 Å². The van der Waals surface area contributed by atoms with Crippen molar-refractivity contribution in [2.24, 2.45) is 4.99 Å². The van der Waals surface area contributed by atoms with Crippen LogP contribution in [0.1, 0.15) is 16.7 Å². The average molecular weight is 370 g/mol. The number of nitrogens with zero attached hydrogens (tertiary/aromatic N) is 1. The molecule has 126 valence electrons. The van der Waals surface area contributed by atoms with Gasteiger partial charge >= 0.3 is 0 Å². The lowest BCUT2D eigenvalue weighted by atomic mass is 10.2. The maximum absolute atomic E-state index is 6.32. The summed E-state index contributed by atoms with van der Waals surface area (Å²) in [5, 5.41) is 1.26. The Morgan fingerprint density at radius 1 is 0.920 bits per heavy atom. The smallest absolute Gasteiger partial charge is 0.138 e. The van der Waals surface area contributed by atoms with Crippen LogP contribution in [-0.2, 0) is 6.61 Å². The van der Waals surface area contributed by atoms with E-state index in [1.807, 2.05) is 66.7 Å². The minimum Gasteiger partial charge on any atom is -0.487 e. The number of ether oxygens (including phenoxy) is 1. The van der Waals surface area contributed by atoms with Crippen LogP contribution in [0.25, 0.3) is 0 Å². The molecule has 25 heavy (non-hydrogen) atoms. The minimum atomic E-state index is 0.438. The Hall–Kier alpha value is -2.29. The van der Waals surface area contributed by atoms with Gasteiger partial charge in [-0.05, 0) is 60.5 Å². The van der Waals surface area contributed by atoms with Gasteiger partial charge in [0.05, 0.1) is 10.7 Å². The van der Waals surface area contributed by atoms with Crippen molar-refractivity contribution in [2.45, 2.75) is 13.5 Å². The molecule has 0 amide bonds. The fourth-order valence-electron chi connectivity index (χ4n) is 2.24. The van der Waals surface area contributed by atoms with Gasteiger partial charge in [-0.2, -0.15) is 0 Å². The molecule has 0 saturated heterocycles. The van der Waals surface area contributed by atoms with Gasteiger partial charge in [0.2, 0.25) is 0 Å². The zero-order chi connectivity index (χ0) is 17.6. The second-order valence-electron chi connectivity index (χ2n) is 5.70. The third kappa shape index (κ3) is 5.09. The molecule has 0 unspecified atom stereocenters. The average Bonchev–Trinajstić information content (AvgIpc) is 2.62. The zero-order valence-electron chi connectivity index (χ0n) is 13.7. The maximum atomic E-state index is 6.32. The molecule has 2 nitrogen and oxygen atoms in total. The standard InChI is InChI=1S/C21H17Cl2NO/c1-15-2-9-19(10-3-15)24-13-17-6-11-21(20(23)12-17)25-14-16-4-7-18(22)8-5-16/h2-13H,14H2,1H3. The van der Waals surface area contributed by atoms with Gasteiger partial charge in [-0.3, -0.25) is 4.99 Å². The van der Waals surface area contributed by atoms with E-state index in [9.17, 15) is 0 Å². The van der Waals surface area contributed by atoms with Gasteiger partial charge in [0.25, 0.3) is 0 Å². The van der Waals surface area contributed by atoms with Crippen LogP contribution in [-0.4, -0.2) is 6.21 Å². The zero-order valence-corrected chi connectivity index (χ0v) is 15.3. The first-order valence-electron chi connectivity index (χ1n) is 7.88. The van der Waals surface area contributed by atoms with Gasteiger partial charge < -0.3 is 4.74 Å². The van der Waals surface area contributed by atoms with Crippen molar-refractivity contribution >= 4 is 35.1 Å². The highest BCUT2D eigenvalue weighted by atomic mass is 35.5. The number of hydrogen-bond donors (Lipinski definition) is 0. The monoisotopic (exact) mass is 369 g/mol. The Kier molecular flexibility index (Phi) is 5.75. The summed E-state index contributed by atoms with van der Waals surface area (Å²) in [4.78, 5) is 4.45. The van der Waals surface area contributed by atoms with Crippen molar-refractivity contribution in [3.05, 3.63) is 93.5 Å². The lowest BCUT2D eigenvalue weighted by Gasteiger charge is -2.08. The molecule has 0 spiro atoms. The minimum absolute atomic E-state index is 0.438. The van der Waals surface area contributed by atoms with Gasteiger partial charge in [-0.1, -0.05) is 53.0 Å². The van der Waals surface area contributed by atoms with Gasteiger partial charge in [0.15, 0.2) is 0 Å². The Morgan fingerprint density at radius 3 is 2.32 bits per heavy atom. The number of halogens is 2. The predicted octanol–water partition coefficient (Wildman–Crippen LogP) is 6.63. The van der Waals surface area contributed by atoms with E-state index < -0.39 is 0 Å². The second kappa shape index (κ2) is 8.19. The van der Waals surface area contributed by atoms with Crippen molar-refractivity contribution < 1.29 is 4.74 Å². The van der Waals surface area contributed by atoms with E-state index in [4.69, 9.17) is 27.9 Å².